The minimum Gasteiger partial charge on any atom is -0.480 e. The third-order valence-corrected chi connectivity index (χ3v) is 3.44. The van der Waals surface area contributed by atoms with Crippen molar-refractivity contribution < 1.29 is 24.0 Å². The number of carboxylic acids is 1. The summed E-state index contributed by atoms with van der Waals surface area (Å²) >= 11 is 0. The van der Waals surface area contributed by atoms with Crippen molar-refractivity contribution in [3.8, 4) is 0 Å². The molecule has 1 N–H and O–H groups in total. The monoisotopic (exact) mass is 296 g/mol. The summed E-state index contributed by atoms with van der Waals surface area (Å²) in [6.07, 6.45) is 1.60. The molecule has 8 heteroatoms. The van der Waals surface area contributed by atoms with E-state index in [0.29, 0.717) is 25.3 Å². The summed E-state index contributed by atoms with van der Waals surface area (Å²) in [5, 5.41) is 20.1. The van der Waals surface area contributed by atoms with Crippen molar-refractivity contribution in [2.45, 2.75) is 25.3 Å². The molecule has 0 radical (unpaired) electrons. The van der Waals surface area contributed by atoms with Crippen LogP contribution < -0.4 is 0 Å². The fourth-order valence-electron chi connectivity index (χ4n) is 2.42. The third kappa shape index (κ3) is 2.99. The van der Waals surface area contributed by atoms with Gasteiger partial charge in [-0.25, -0.2) is 9.18 Å². The number of nitro groups is 1. The van der Waals surface area contributed by atoms with Gasteiger partial charge in [0.15, 0.2) is 0 Å². The van der Waals surface area contributed by atoms with E-state index in [1.165, 1.54) is 0 Å². The lowest BCUT2D eigenvalue weighted by atomic mass is 10.0. The number of rotatable bonds is 3. The van der Waals surface area contributed by atoms with Crippen molar-refractivity contribution in [1.29, 1.82) is 0 Å². The summed E-state index contributed by atoms with van der Waals surface area (Å²) < 4.78 is 13.1. The van der Waals surface area contributed by atoms with Gasteiger partial charge < -0.3 is 10.0 Å². The van der Waals surface area contributed by atoms with E-state index in [9.17, 15) is 24.1 Å². The Hall–Kier alpha value is -2.51. The molecule has 1 heterocycles. The maximum atomic E-state index is 13.1. The van der Waals surface area contributed by atoms with Gasteiger partial charge in [0.1, 0.15) is 17.4 Å². The first-order valence-electron chi connectivity index (χ1n) is 6.39. The number of carbonyl (C=O) groups excluding carboxylic acids is 1. The van der Waals surface area contributed by atoms with Crippen molar-refractivity contribution in [1.82, 2.24) is 4.90 Å². The highest BCUT2D eigenvalue weighted by Gasteiger charge is 2.35. The van der Waals surface area contributed by atoms with Crippen molar-refractivity contribution in [3.05, 3.63) is 39.7 Å². The van der Waals surface area contributed by atoms with Crippen LogP contribution in [0.2, 0.25) is 0 Å². The molecule has 1 aromatic carbocycles. The number of piperidine rings is 1. The molecule has 1 fully saturated rings. The summed E-state index contributed by atoms with van der Waals surface area (Å²) in [7, 11) is 0. The zero-order valence-electron chi connectivity index (χ0n) is 11.0. The summed E-state index contributed by atoms with van der Waals surface area (Å²) in [4.78, 5) is 34.8. The molecule has 0 spiro atoms. The SMILES string of the molecule is O=C(O)[C@H]1CCCCN1C(=O)c1ccc(F)cc1[N+](=O)[O-]. The van der Waals surface area contributed by atoms with E-state index < -0.39 is 34.3 Å². The number of carbonyl (C=O) groups is 2. The Bertz CT molecular complexity index is 604. The summed E-state index contributed by atoms with van der Waals surface area (Å²) in [5.74, 6) is -2.73. The number of carboxylic acid groups (broad SMARTS) is 1. The Morgan fingerprint density at radius 2 is 2.10 bits per heavy atom. The van der Waals surface area contributed by atoms with Gasteiger partial charge in [-0.2, -0.15) is 0 Å². The normalized spacial score (nSPS) is 18.3. The Kier molecular flexibility index (Phi) is 4.15. The van der Waals surface area contributed by atoms with Crippen molar-refractivity contribution >= 4 is 17.6 Å². The number of hydrogen-bond acceptors (Lipinski definition) is 4. The van der Waals surface area contributed by atoms with Gasteiger partial charge in [-0.05, 0) is 31.4 Å². The van der Waals surface area contributed by atoms with Gasteiger partial charge in [-0.1, -0.05) is 0 Å². The molecular formula is C13H13FN2O5. The van der Waals surface area contributed by atoms with E-state index >= 15 is 0 Å². The van der Waals surface area contributed by atoms with Crippen LogP contribution in [0.5, 0.6) is 0 Å². The summed E-state index contributed by atoms with van der Waals surface area (Å²) in [5.41, 5.74) is -0.954. The largest absolute Gasteiger partial charge is 0.480 e. The number of likely N-dealkylation sites (tertiary alicyclic amines) is 1. The van der Waals surface area contributed by atoms with E-state index in [4.69, 9.17) is 5.11 Å². The fourth-order valence-corrected chi connectivity index (χ4v) is 2.42. The molecule has 21 heavy (non-hydrogen) atoms. The number of nitro benzene ring substituents is 1. The van der Waals surface area contributed by atoms with Gasteiger partial charge in [0.05, 0.1) is 11.0 Å². The average molecular weight is 296 g/mol. The zero-order chi connectivity index (χ0) is 15.6. The van der Waals surface area contributed by atoms with Crippen molar-refractivity contribution in [3.63, 3.8) is 0 Å². The van der Waals surface area contributed by atoms with Crippen LogP contribution >= 0.6 is 0 Å². The van der Waals surface area contributed by atoms with Crippen LogP contribution in [0.1, 0.15) is 29.6 Å². The van der Waals surface area contributed by atoms with Gasteiger partial charge in [0.25, 0.3) is 11.6 Å². The Morgan fingerprint density at radius 1 is 1.38 bits per heavy atom. The van der Waals surface area contributed by atoms with E-state index in [0.717, 1.165) is 17.0 Å². The van der Waals surface area contributed by atoms with Crippen LogP contribution in [-0.4, -0.2) is 39.4 Å². The van der Waals surface area contributed by atoms with Gasteiger partial charge in [-0.3, -0.25) is 14.9 Å². The lowest BCUT2D eigenvalue weighted by molar-refractivity contribution is -0.385. The molecule has 1 aliphatic rings. The summed E-state index contributed by atoms with van der Waals surface area (Å²) in [6, 6.07) is 1.62. The minimum atomic E-state index is -1.15. The van der Waals surface area contributed by atoms with Crippen LogP contribution in [0.4, 0.5) is 10.1 Å². The first-order chi connectivity index (χ1) is 9.91. The molecule has 0 aliphatic carbocycles. The lowest BCUT2D eigenvalue weighted by Gasteiger charge is -2.32. The topological polar surface area (TPSA) is 101 Å². The molecule has 0 aromatic heterocycles. The molecule has 0 unspecified atom stereocenters. The van der Waals surface area contributed by atoms with E-state index in [2.05, 4.69) is 0 Å². The predicted octanol–water partition coefficient (Wildman–Crippen LogP) is 1.81. The van der Waals surface area contributed by atoms with Crippen LogP contribution in [0, 0.1) is 15.9 Å². The number of amides is 1. The highest BCUT2D eigenvalue weighted by Crippen LogP contribution is 2.25. The van der Waals surface area contributed by atoms with E-state index in [1.54, 1.807) is 0 Å². The first kappa shape index (κ1) is 14.9. The number of halogens is 1. The zero-order valence-corrected chi connectivity index (χ0v) is 11.0. The molecule has 1 aromatic rings. The number of benzene rings is 1. The summed E-state index contributed by atoms with van der Waals surface area (Å²) in [6.45, 7) is 0.213. The number of nitrogens with zero attached hydrogens (tertiary/aromatic N) is 2. The molecule has 112 valence electrons. The van der Waals surface area contributed by atoms with Gasteiger partial charge in [0, 0.05) is 6.54 Å². The Labute approximate surface area is 119 Å². The molecular weight excluding hydrogens is 283 g/mol. The van der Waals surface area contributed by atoms with Crippen LogP contribution in [0.15, 0.2) is 18.2 Å². The second kappa shape index (κ2) is 5.86. The van der Waals surface area contributed by atoms with Crippen LogP contribution in [0.3, 0.4) is 0 Å². The standard InChI is InChI=1S/C13H13FN2O5/c14-8-4-5-9(11(7-8)16(20)21)12(17)15-6-2-1-3-10(15)13(18)19/h4-5,7,10H,1-3,6H2,(H,18,19)/t10-/m1/s1. The second-order valence-corrected chi connectivity index (χ2v) is 4.77. The maximum Gasteiger partial charge on any atom is 0.326 e. The molecule has 1 saturated heterocycles. The predicted molar refractivity (Wildman–Crippen MR) is 69.4 cm³/mol. The maximum absolute atomic E-state index is 13.1. The molecule has 1 amide bonds. The quantitative estimate of drug-likeness (QED) is 0.677. The number of aliphatic carboxylic acids is 1. The van der Waals surface area contributed by atoms with E-state index in [1.807, 2.05) is 0 Å². The smallest absolute Gasteiger partial charge is 0.326 e. The van der Waals surface area contributed by atoms with Crippen LogP contribution in [-0.2, 0) is 4.79 Å². The lowest BCUT2D eigenvalue weighted by Crippen LogP contribution is -2.48. The Morgan fingerprint density at radius 3 is 2.71 bits per heavy atom. The average Bonchev–Trinajstić information content (AvgIpc) is 2.46. The Balaban J connectivity index is 2.39. The molecule has 1 aliphatic heterocycles. The van der Waals surface area contributed by atoms with Crippen molar-refractivity contribution in [2.75, 3.05) is 6.54 Å². The van der Waals surface area contributed by atoms with Gasteiger partial charge in [0.2, 0.25) is 0 Å². The van der Waals surface area contributed by atoms with Gasteiger partial charge in [-0.15, -0.1) is 0 Å². The van der Waals surface area contributed by atoms with Gasteiger partial charge >= 0.3 is 5.97 Å². The third-order valence-electron chi connectivity index (χ3n) is 3.44. The van der Waals surface area contributed by atoms with Crippen LogP contribution in [0.25, 0.3) is 0 Å². The second-order valence-electron chi connectivity index (χ2n) is 4.77. The van der Waals surface area contributed by atoms with E-state index in [-0.39, 0.29) is 12.1 Å². The molecule has 0 saturated carbocycles. The highest BCUT2D eigenvalue weighted by molar-refractivity contribution is 6.00. The van der Waals surface area contributed by atoms with Crippen molar-refractivity contribution in [2.24, 2.45) is 0 Å². The number of hydrogen-bond donors (Lipinski definition) is 1. The molecule has 2 rings (SSSR count). The minimum absolute atomic E-state index is 0.213. The first-order valence-corrected chi connectivity index (χ1v) is 6.39. The molecule has 0 bridgehead atoms. The molecule has 1 atom stereocenters. The highest BCUT2D eigenvalue weighted by atomic mass is 19.1. The fraction of sp³-hybridized carbons (Fsp3) is 0.385. The molecule has 7 nitrogen and oxygen atoms in total.